The van der Waals surface area contributed by atoms with E-state index in [0.717, 1.165) is 0 Å². The van der Waals surface area contributed by atoms with Crippen LogP contribution in [0.1, 0.15) is 12.5 Å². The van der Waals surface area contributed by atoms with Crippen LogP contribution in [0.2, 0.25) is 0 Å². The highest BCUT2D eigenvalue weighted by molar-refractivity contribution is 7.80. The van der Waals surface area contributed by atoms with Gasteiger partial charge in [-0.05, 0) is 25.1 Å². The Bertz CT molecular complexity index is 548. The Morgan fingerprint density at radius 3 is 2.45 bits per heavy atom. The Kier molecular flexibility index (Phi) is 5.27. The minimum atomic E-state index is -0.943. The Labute approximate surface area is 121 Å². The summed E-state index contributed by atoms with van der Waals surface area (Å²) in [4.78, 5) is 22.3. The van der Waals surface area contributed by atoms with Gasteiger partial charge < -0.3 is 20.9 Å². The molecule has 0 spiro atoms. The number of hydrogen-bond acceptors (Lipinski definition) is 5. The van der Waals surface area contributed by atoms with E-state index in [-0.39, 0.29) is 4.99 Å². The molecular weight excluding hydrogens is 282 g/mol. The predicted octanol–water partition coefficient (Wildman–Crippen LogP) is 0.292. The molecule has 0 aliphatic heterocycles. The van der Waals surface area contributed by atoms with Crippen LogP contribution in [0.4, 0.5) is 4.79 Å². The fourth-order valence-electron chi connectivity index (χ4n) is 1.39. The molecule has 1 unspecified atom stereocenters. The number of benzene rings is 1. The minimum absolute atomic E-state index is 0.217. The van der Waals surface area contributed by atoms with Crippen LogP contribution < -0.4 is 26.3 Å². The number of ether oxygens (including phenoxy) is 2. The molecule has 1 aromatic carbocycles. The summed E-state index contributed by atoms with van der Waals surface area (Å²) in [5.74, 6) is 0.0339. The van der Waals surface area contributed by atoms with Gasteiger partial charge in [-0.2, -0.15) is 0 Å². The molecule has 0 saturated carbocycles. The molecule has 0 radical (unpaired) electrons. The predicted molar refractivity (Wildman–Crippen MR) is 76.7 cm³/mol. The zero-order valence-electron chi connectivity index (χ0n) is 11.0. The van der Waals surface area contributed by atoms with Crippen molar-refractivity contribution in [1.82, 2.24) is 5.32 Å². The van der Waals surface area contributed by atoms with E-state index in [0.29, 0.717) is 17.1 Å². The van der Waals surface area contributed by atoms with Crippen LogP contribution in [0.25, 0.3) is 0 Å². The van der Waals surface area contributed by atoms with Gasteiger partial charge in [-0.1, -0.05) is 12.2 Å². The molecule has 0 heterocycles. The Morgan fingerprint density at radius 1 is 1.30 bits per heavy atom. The summed E-state index contributed by atoms with van der Waals surface area (Å²) in [6.07, 6.45) is -0.924. The van der Waals surface area contributed by atoms with Crippen LogP contribution in [-0.4, -0.2) is 30.1 Å². The van der Waals surface area contributed by atoms with Gasteiger partial charge in [0.2, 0.25) is 0 Å². The number of nitrogens with one attached hydrogen (secondary N) is 1. The van der Waals surface area contributed by atoms with Crippen LogP contribution in [0, 0.1) is 0 Å². The second kappa shape index (κ2) is 6.71. The van der Waals surface area contributed by atoms with Crippen molar-refractivity contribution >= 4 is 29.1 Å². The number of thiocarbonyl (C=S) groups is 1. The first-order valence-electron chi connectivity index (χ1n) is 5.60. The topological polar surface area (TPSA) is 117 Å². The lowest BCUT2D eigenvalue weighted by atomic mass is 10.2. The molecule has 1 atom stereocenters. The standard InChI is InChI=1S/C12H15N3O4S/c1-6(11(16)15-12(14)17)19-8-4-3-7(10(13)20)5-9(8)18-2/h3-6H,1-2H3,(H2,13,20)(H3,14,15,16,17). The van der Waals surface area contributed by atoms with E-state index in [1.165, 1.54) is 14.0 Å². The number of imide groups is 1. The molecule has 20 heavy (non-hydrogen) atoms. The second-order valence-corrected chi connectivity index (χ2v) is 4.28. The monoisotopic (exact) mass is 297 g/mol. The van der Waals surface area contributed by atoms with Crippen molar-refractivity contribution in [2.24, 2.45) is 11.5 Å². The van der Waals surface area contributed by atoms with Gasteiger partial charge in [0.1, 0.15) is 4.99 Å². The van der Waals surface area contributed by atoms with Gasteiger partial charge in [0, 0.05) is 5.56 Å². The quantitative estimate of drug-likeness (QED) is 0.673. The van der Waals surface area contributed by atoms with E-state index in [2.05, 4.69) is 0 Å². The zero-order valence-corrected chi connectivity index (χ0v) is 11.8. The van der Waals surface area contributed by atoms with Gasteiger partial charge in [0.25, 0.3) is 5.91 Å². The van der Waals surface area contributed by atoms with Crippen LogP contribution in [0.5, 0.6) is 11.5 Å². The number of carbonyl (C=O) groups is 2. The summed E-state index contributed by atoms with van der Waals surface area (Å²) < 4.78 is 10.5. The first kappa shape index (κ1) is 15.7. The maximum atomic E-state index is 11.5. The highest BCUT2D eigenvalue weighted by Crippen LogP contribution is 2.28. The number of carbonyl (C=O) groups excluding carboxylic acids is 2. The number of hydrogen-bond donors (Lipinski definition) is 3. The minimum Gasteiger partial charge on any atom is -0.493 e. The molecule has 0 bridgehead atoms. The third kappa shape index (κ3) is 4.09. The molecule has 0 aromatic heterocycles. The SMILES string of the molecule is COc1cc(C(N)=S)ccc1OC(C)C(=O)NC(N)=O. The van der Waals surface area contributed by atoms with Crippen molar-refractivity contribution in [3.05, 3.63) is 23.8 Å². The largest absolute Gasteiger partial charge is 0.493 e. The van der Waals surface area contributed by atoms with Gasteiger partial charge in [-0.3, -0.25) is 10.1 Å². The summed E-state index contributed by atoms with van der Waals surface area (Å²) in [7, 11) is 1.44. The molecule has 1 aromatic rings. The third-order valence-electron chi connectivity index (χ3n) is 2.37. The van der Waals surface area contributed by atoms with Crippen molar-refractivity contribution in [2.45, 2.75) is 13.0 Å². The number of methoxy groups -OCH3 is 1. The first-order chi connectivity index (χ1) is 9.35. The molecule has 0 aliphatic carbocycles. The maximum Gasteiger partial charge on any atom is 0.318 e. The highest BCUT2D eigenvalue weighted by Gasteiger charge is 2.18. The first-order valence-corrected chi connectivity index (χ1v) is 6.00. The Morgan fingerprint density at radius 2 is 1.95 bits per heavy atom. The molecule has 0 aliphatic rings. The summed E-state index contributed by atoms with van der Waals surface area (Å²) in [6.45, 7) is 1.47. The average molecular weight is 297 g/mol. The molecule has 0 saturated heterocycles. The van der Waals surface area contributed by atoms with E-state index in [1.807, 2.05) is 5.32 Å². The molecule has 3 amide bonds. The van der Waals surface area contributed by atoms with E-state index in [9.17, 15) is 9.59 Å². The van der Waals surface area contributed by atoms with E-state index < -0.39 is 18.0 Å². The van der Waals surface area contributed by atoms with Crippen LogP contribution >= 0.6 is 12.2 Å². The molecule has 8 heteroatoms. The lowest BCUT2D eigenvalue weighted by Crippen LogP contribution is -2.42. The van der Waals surface area contributed by atoms with Crippen molar-refractivity contribution in [2.75, 3.05) is 7.11 Å². The van der Waals surface area contributed by atoms with Gasteiger partial charge in [-0.15, -0.1) is 0 Å². The lowest BCUT2D eigenvalue weighted by molar-refractivity contribution is -0.126. The van der Waals surface area contributed by atoms with Crippen molar-refractivity contribution < 1.29 is 19.1 Å². The smallest absolute Gasteiger partial charge is 0.318 e. The molecule has 5 N–H and O–H groups in total. The van der Waals surface area contributed by atoms with Crippen LogP contribution in [-0.2, 0) is 4.79 Å². The van der Waals surface area contributed by atoms with E-state index in [1.54, 1.807) is 18.2 Å². The fourth-order valence-corrected chi connectivity index (χ4v) is 1.51. The molecule has 108 valence electrons. The molecular formula is C12H15N3O4S. The Balaban J connectivity index is 2.89. The number of nitrogens with two attached hydrogens (primary N) is 2. The van der Waals surface area contributed by atoms with E-state index in [4.69, 9.17) is 33.2 Å². The van der Waals surface area contributed by atoms with Crippen molar-refractivity contribution in [1.29, 1.82) is 0 Å². The normalized spacial score (nSPS) is 11.3. The van der Waals surface area contributed by atoms with Crippen LogP contribution in [0.15, 0.2) is 18.2 Å². The number of urea groups is 1. The van der Waals surface area contributed by atoms with Crippen molar-refractivity contribution in [3.8, 4) is 11.5 Å². The third-order valence-corrected chi connectivity index (χ3v) is 2.60. The Hall–Kier alpha value is -2.35. The fraction of sp³-hybridized carbons (Fsp3) is 0.250. The number of primary amides is 1. The van der Waals surface area contributed by atoms with Gasteiger partial charge in [-0.25, -0.2) is 4.79 Å². The highest BCUT2D eigenvalue weighted by atomic mass is 32.1. The lowest BCUT2D eigenvalue weighted by Gasteiger charge is -2.16. The average Bonchev–Trinajstić information content (AvgIpc) is 2.37. The number of amides is 3. The molecule has 7 nitrogen and oxygen atoms in total. The molecule has 1 rings (SSSR count). The van der Waals surface area contributed by atoms with Crippen molar-refractivity contribution in [3.63, 3.8) is 0 Å². The van der Waals surface area contributed by atoms with E-state index >= 15 is 0 Å². The molecule has 0 fully saturated rings. The summed E-state index contributed by atoms with van der Waals surface area (Å²) in [5, 5.41) is 1.92. The summed E-state index contributed by atoms with van der Waals surface area (Å²) >= 11 is 4.86. The van der Waals surface area contributed by atoms with Gasteiger partial charge in [0.15, 0.2) is 17.6 Å². The van der Waals surface area contributed by atoms with Crippen LogP contribution in [0.3, 0.4) is 0 Å². The van der Waals surface area contributed by atoms with Gasteiger partial charge in [0.05, 0.1) is 7.11 Å². The maximum absolute atomic E-state index is 11.5. The zero-order chi connectivity index (χ0) is 15.3. The summed E-state index contributed by atoms with van der Waals surface area (Å²) in [6, 6.07) is 3.86. The number of rotatable bonds is 5. The second-order valence-electron chi connectivity index (χ2n) is 3.84. The van der Waals surface area contributed by atoms with Gasteiger partial charge >= 0.3 is 6.03 Å². The summed E-state index contributed by atoms with van der Waals surface area (Å²) in [5.41, 5.74) is 11.0.